The lowest BCUT2D eigenvalue weighted by Gasteiger charge is -2.11. The number of aromatic nitrogens is 4. The summed E-state index contributed by atoms with van der Waals surface area (Å²) in [4.78, 5) is 44.1. The normalized spacial score (nSPS) is 11.0. The summed E-state index contributed by atoms with van der Waals surface area (Å²) in [6.07, 6.45) is 1.44. The molecule has 2 aromatic rings. The zero-order valence-electron chi connectivity index (χ0n) is 12.6. The summed E-state index contributed by atoms with van der Waals surface area (Å²) in [6, 6.07) is 0. The topological polar surface area (TPSA) is 113 Å². The Kier molecular flexibility index (Phi) is 4.65. The highest BCUT2D eigenvalue weighted by Gasteiger charge is 2.17. The van der Waals surface area contributed by atoms with Crippen LogP contribution in [0.25, 0.3) is 11.0 Å². The molecule has 22 heavy (non-hydrogen) atoms. The predicted molar refractivity (Wildman–Crippen MR) is 83.9 cm³/mol. The van der Waals surface area contributed by atoms with E-state index in [1.165, 1.54) is 11.6 Å². The van der Waals surface area contributed by atoms with Crippen molar-refractivity contribution in [3.63, 3.8) is 0 Å². The van der Waals surface area contributed by atoms with Gasteiger partial charge in [0.25, 0.3) is 5.56 Å². The van der Waals surface area contributed by atoms with E-state index in [0.717, 1.165) is 22.7 Å². The number of amides is 1. The van der Waals surface area contributed by atoms with Crippen LogP contribution in [-0.4, -0.2) is 30.8 Å². The average Bonchev–Trinajstić information content (AvgIpc) is 2.48. The van der Waals surface area contributed by atoms with Gasteiger partial charge in [-0.05, 0) is 6.42 Å². The highest BCUT2D eigenvalue weighted by molar-refractivity contribution is 8.00. The van der Waals surface area contributed by atoms with Crippen LogP contribution in [0.2, 0.25) is 0 Å². The summed E-state index contributed by atoms with van der Waals surface area (Å²) in [6.45, 7) is 1.98. The molecule has 2 rings (SSSR count). The van der Waals surface area contributed by atoms with E-state index < -0.39 is 17.2 Å². The molecule has 0 bridgehead atoms. The molecule has 0 unspecified atom stereocenters. The van der Waals surface area contributed by atoms with Crippen molar-refractivity contribution in [3.8, 4) is 0 Å². The van der Waals surface area contributed by atoms with Crippen LogP contribution in [0, 0.1) is 0 Å². The minimum Gasteiger partial charge on any atom is -0.369 e. The van der Waals surface area contributed by atoms with Crippen LogP contribution in [0.5, 0.6) is 0 Å². The summed E-state index contributed by atoms with van der Waals surface area (Å²) in [5.74, 6) is 0.0320. The molecule has 1 amide bonds. The molecule has 0 aromatic carbocycles. The molecule has 8 nitrogen and oxygen atoms in total. The molecule has 0 saturated carbocycles. The summed E-state index contributed by atoms with van der Waals surface area (Å²) >= 11 is 1.08. The smallest absolute Gasteiger partial charge is 0.332 e. The van der Waals surface area contributed by atoms with E-state index in [4.69, 9.17) is 5.73 Å². The van der Waals surface area contributed by atoms with Crippen LogP contribution in [-0.2, 0) is 25.3 Å². The van der Waals surface area contributed by atoms with Gasteiger partial charge in [0.2, 0.25) is 5.91 Å². The average molecular weight is 323 g/mol. The summed E-state index contributed by atoms with van der Waals surface area (Å²) < 4.78 is 2.31. The molecule has 2 N–H and O–H groups in total. The molecule has 0 aliphatic carbocycles. The first-order valence-electron chi connectivity index (χ1n) is 6.74. The first kappa shape index (κ1) is 16.2. The molecular formula is C13H17N5O3S. The molecule has 0 spiro atoms. The summed E-state index contributed by atoms with van der Waals surface area (Å²) in [5, 5.41) is 0.610. The molecule has 0 aliphatic rings. The highest BCUT2D eigenvalue weighted by atomic mass is 32.2. The Morgan fingerprint density at radius 3 is 2.50 bits per heavy atom. The number of nitrogens with zero attached hydrogens (tertiary/aromatic N) is 4. The van der Waals surface area contributed by atoms with Crippen molar-refractivity contribution in [1.29, 1.82) is 0 Å². The Bertz CT molecular complexity index is 855. The Labute approximate surface area is 130 Å². The zero-order chi connectivity index (χ0) is 16.4. The number of carbonyl (C=O) groups excluding carboxylic acids is 1. The molecule has 0 saturated heterocycles. The van der Waals surface area contributed by atoms with E-state index in [1.54, 1.807) is 7.05 Å². The fourth-order valence-corrected chi connectivity index (χ4v) is 2.82. The molecule has 118 valence electrons. The number of hydrogen-bond donors (Lipinski definition) is 1. The van der Waals surface area contributed by atoms with Gasteiger partial charge in [0.1, 0.15) is 16.2 Å². The van der Waals surface area contributed by atoms with Crippen molar-refractivity contribution >= 4 is 28.7 Å². The minimum absolute atomic E-state index is 0.00364. The predicted octanol–water partition coefficient (Wildman–Crippen LogP) is -0.443. The van der Waals surface area contributed by atoms with Gasteiger partial charge in [0, 0.05) is 20.5 Å². The first-order valence-corrected chi connectivity index (χ1v) is 7.73. The molecule has 0 aliphatic heterocycles. The summed E-state index contributed by atoms with van der Waals surface area (Å²) in [7, 11) is 2.95. The van der Waals surface area contributed by atoms with Gasteiger partial charge in [-0.15, -0.1) is 0 Å². The van der Waals surface area contributed by atoms with Gasteiger partial charge in [-0.1, -0.05) is 18.7 Å². The van der Waals surface area contributed by atoms with Gasteiger partial charge in [-0.2, -0.15) is 0 Å². The third kappa shape index (κ3) is 2.89. The second kappa shape index (κ2) is 6.30. The number of primary amides is 1. The fraction of sp³-hybridized carbons (Fsp3) is 0.462. The third-order valence-electron chi connectivity index (χ3n) is 3.14. The quantitative estimate of drug-likeness (QED) is 0.589. The Hall–Kier alpha value is -2.16. The molecular weight excluding hydrogens is 306 g/mol. The van der Waals surface area contributed by atoms with Gasteiger partial charge in [-0.25, -0.2) is 14.8 Å². The zero-order valence-corrected chi connectivity index (χ0v) is 13.4. The highest BCUT2D eigenvalue weighted by Crippen LogP contribution is 2.22. The number of nitrogens with two attached hydrogens (primary N) is 1. The van der Waals surface area contributed by atoms with Crippen LogP contribution in [0.3, 0.4) is 0 Å². The molecule has 0 radical (unpaired) electrons. The van der Waals surface area contributed by atoms with Gasteiger partial charge in [-0.3, -0.25) is 18.7 Å². The van der Waals surface area contributed by atoms with Crippen molar-refractivity contribution < 1.29 is 4.79 Å². The standard InChI is InChI=1S/C13H17N5O3S/c1-4-5-8-15-10-9(11(16-8)22-6-7(14)19)12(20)18(3)13(21)17(10)2/h4-6H2,1-3H3,(H2,14,19). The Balaban J connectivity index is 2.82. The Morgan fingerprint density at radius 1 is 1.23 bits per heavy atom. The van der Waals surface area contributed by atoms with Crippen LogP contribution < -0.4 is 17.0 Å². The summed E-state index contributed by atoms with van der Waals surface area (Å²) in [5.41, 5.74) is 4.50. The SMILES string of the molecule is CCCc1nc(SCC(N)=O)c2c(=O)n(C)c(=O)n(C)c2n1. The van der Waals surface area contributed by atoms with E-state index in [2.05, 4.69) is 9.97 Å². The lowest BCUT2D eigenvalue weighted by molar-refractivity contribution is -0.115. The Morgan fingerprint density at radius 2 is 1.91 bits per heavy atom. The van der Waals surface area contributed by atoms with E-state index >= 15 is 0 Å². The molecule has 9 heteroatoms. The van der Waals surface area contributed by atoms with Crippen LogP contribution in [0.1, 0.15) is 19.2 Å². The first-order chi connectivity index (χ1) is 10.4. The maximum atomic E-state index is 12.4. The molecule has 0 atom stereocenters. The number of carbonyl (C=O) groups is 1. The van der Waals surface area contributed by atoms with Crippen molar-refractivity contribution in [1.82, 2.24) is 19.1 Å². The van der Waals surface area contributed by atoms with Crippen molar-refractivity contribution in [2.75, 3.05) is 5.75 Å². The number of hydrogen-bond acceptors (Lipinski definition) is 6. The van der Waals surface area contributed by atoms with Crippen LogP contribution in [0.4, 0.5) is 0 Å². The lowest BCUT2D eigenvalue weighted by atomic mass is 10.3. The lowest BCUT2D eigenvalue weighted by Crippen LogP contribution is -2.38. The van der Waals surface area contributed by atoms with Crippen molar-refractivity contribution in [2.45, 2.75) is 24.8 Å². The maximum absolute atomic E-state index is 12.4. The maximum Gasteiger partial charge on any atom is 0.332 e. The van der Waals surface area contributed by atoms with E-state index in [-0.39, 0.29) is 16.8 Å². The number of rotatable bonds is 5. The van der Waals surface area contributed by atoms with Crippen molar-refractivity contribution in [3.05, 3.63) is 26.7 Å². The number of thioether (sulfide) groups is 1. The largest absolute Gasteiger partial charge is 0.369 e. The molecule has 2 heterocycles. The van der Waals surface area contributed by atoms with Crippen LogP contribution >= 0.6 is 11.8 Å². The number of aryl methyl sites for hydroxylation is 2. The van der Waals surface area contributed by atoms with Gasteiger partial charge >= 0.3 is 5.69 Å². The monoisotopic (exact) mass is 323 g/mol. The second-order valence-corrected chi connectivity index (χ2v) is 5.82. The second-order valence-electron chi connectivity index (χ2n) is 4.85. The minimum atomic E-state index is -0.504. The van der Waals surface area contributed by atoms with E-state index in [0.29, 0.717) is 17.3 Å². The van der Waals surface area contributed by atoms with E-state index in [9.17, 15) is 14.4 Å². The van der Waals surface area contributed by atoms with Gasteiger partial charge in [0.15, 0.2) is 5.65 Å². The van der Waals surface area contributed by atoms with Gasteiger partial charge in [0.05, 0.1) is 5.75 Å². The van der Waals surface area contributed by atoms with Crippen LogP contribution in [0.15, 0.2) is 14.6 Å². The molecule has 2 aromatic heterocycles. The third-order valence-corrected chi connectivity index (χ3v) is 4.14. The van der Waals surface area contributed by atoms with Gasteiger partial charge < -0.3 is 5.73 Å². The fourth-order valence-electron chi connectivity index (χ4n) is 2.05. The number of fused-ring (bicyclic) bond motifs is 1. The molecule has 0 fully saturated rings. The van der Waals surface area contributed by atoms with Crippen molar-refractivity contribution in [2.24, 2.45) is 19.8 Å². The van der Waals surface area contributed by atoms with E-state index in [1.807, 2.05) is 6.92 Å².